The van der Waals surface area contributed by atoms with Gasteiger partial charge in [0.05, 0.1) is 18.2 Å². The summed E-state index contributed by atoms with van der Waals surface area (Å²) in [4.78, 5) is 35.1. The Balaban J connectivity index is 1.33. The zero-order chi connectivity index (χ0) is 17.2. The molecule has 7 heteroatoms. The minimum absolute atomic E-state index is 0.0198. The van der Waals surface area contributed by atoms with Gasteiger partial charge in [-0.2, -0.15) is 0 Å². The van der Waals surface area contributed by atoms with Crippen molar-refractivity contribution in [3.63, 3.8) is 0 Å². The summed E-state index contributed by atoms with van der Waals surface area (Å²) in [5.74, 6) is 0.792. The van der Waals surface area contributed by atoms with Gasteiger partial charge >= 0.3 is 0 Å². The molecular weight excluding hydrogens is 318 g/mol. The number of hydrogen-bond acceptors (Lipinski definition) is 4. The normalized spacial score (nSPS) is 22.7. The molecule has 2 aliphatic rings. The lowest BCUT2D eigenvalue weighted by Crippen LogP contribution is -2.44. The fraction of sp³-hybridized carbons (Fsp3) is 0.444. The van der Waals surface area contributed by atoms with E-state index in [4.69, 9.17) is 0 Å². The maximum atomic E-state index is 12.6. The molecule has 4 heterocycles. The molecule has 0 aliphatic carbocycles. The highest BCUT2D eigenvalue weighted by atomic mass is 16.2. The summed E-state index contributed by atoms with van der Waals surface area (Å²) < 4.78 is 2.08. The second-order valence-electron chi connectivity index (χ2n) is 6.74. The number of aryl methyl sites for hydroxylation is 1. The van der Waals surface area contributed by atoms with E-state index in [1.54, 1.807) is 17.3 Å². The first-order valence-corrected chi connectivity index (χ1v) is 8.67. The second kappa shape index (κ2) is 6.66. The Morgan fingerprint density at radius 1 is 1.24 bits per heavy atom. The molecule has 2 atom stereocenters. The fourth-order valence-electron chi connectivity index (χ4n) is 3.59. The Morgan fingerprint density at radius 2 is 2.16 bits per heavy atom. The van der Waals surface area contributed by atoms with Gasteiger partial charge in [-0.1, -0.05) is 6.07 Å². The average molecular weight is 339 g/mol. The van der Waals surface area contributed by atoms with E-state index in [-0.39, 0.29) is 30.2 Å². The number of carbonyl (C=O) groups is 2. The van der Waals surface area contributed by atoms with Crippen LogP contribution in [0.4, 0.5) is 0 Å². The van der Waals surface area contributed by atoms with Crippen molar-refractivity contribution >= 4 is 11.8 Å². The number of likely N-dealkylation sites (tertiary alicyclic amines) is 1. The van der Waals surface area contributed by atoms with E-state index in [2.05, 4.69) is 19.9 Å². The summed E-state index contributed by atoms with van der Waals surface area (Å²) >= 11 is 0. The molecule has 25 heavy (non-hydrogen) atoms. The van der Waals surface area contributed by atoms with E-state index in [9.17, 15) is 9.59 Å². The molecule has 130 valence electrons. The largest absolute Gasteiger partial charge is 0.351 e. The highest BCUT2D eigenvalue weighted by Crippen LogP contribution is 2.21. The summed E-state index contributed by atoms with van der Waals surface area (Å²) in [5.41, 5.74) is 0.844. The van der Waals surface area contributed by atoms with Crippen molar-refractivity contribution in [1.29, 1.82) is 0 Å². The Morgan fingerprint density at radius 3 is 3.00 bits per heavy atom. The van der Waals surface area contributed by atoms with Gasteiger partial charge in [-0.25, -0.2) is 4.98 Å². The summed E-state index contributed by atoms with van der Waals surface area (Å²) in [7, 11) is 0. The minimum Gasteiger partial charge on any atom is -0.351 e. The molecule has 0 unspecified atom stereocenters. The van der Waals surface area contributed by atoms with Crippen molar-refractivity contribution in [2.75, 3.05) is 6.54 Å². The standard InChI is InChI=1S/C18H21N5O2/c24-17-9-13(10-23(17)11-14-3-1-2-6-19-14)18(25)21-15-4-5-16-20-7-8-22(16)12-15/h1-3,6-8,13,15H,4-5,9-12H2,(H,21,25)/t13-,15+/m0/s1. The summed E-state index contributed by atoms with van der Waals surface area (Å²) in [6.45, 7) is 1.68. The SMILES string of the molecule is O=C(N[C@@H]1CCc2nccn2C1)[C@H]1CC(=O)N(Cc2ccccn2)C1. The Labute approximate surface area is 146 Å². The predicted octanol–water partition coefficient (Wildman–Crippen LogP) is 0.758. The van der Waals surface area contributed by atoms with Crippen LogP contribution in [-0.4, -0.2) is 43.8 Å². The number of nitrogens with zero attached hydrogens (tertiary/aromatic N) is 4. The van der Waals surface area contributed by atoms with Crippen molar-refractivity contribution in [2.24, 2.45) is 5.92 Å². The molecule has 0 spiro atoms. The number of imidazole rings is 1. The monoisotopic (exact) mass is 339 g/mol. The van der Waals surface area contributed by atoms with Gasteiger partial charge < -0.3 is 14.8 Å². The van der Waals surface area contributed by atoms with Crippen LogP contribution in [0.3, 0.4) is 0 Å². The van der Waals surface area contributed by atoms with Gasteiger partial charge in [0.2, 0.25) is 11.8 Å². The van der Waals surface area contributed by atoms with E-state index in [1.165, 1.54) is 0 Å². The molecule has 4 rings (SSSR count). The molecule has 2 aliphatic heterocycles. The number of aromatic nitrogens is 3. The summed E-state index contributed by atoms with van der Waals surface area (Å²) in [6.07, 6.45) is 7.50. The van der Waals surface area contributed by atoms with Crippen LogP contribution < -0.4 is 5.32 Å². The van der Waals surface area contributed by atoms with Crippen LogP contribution in [0.1, 0.15) is 24.4 Å². The van der Waals surface area contributed by atoms with Gasteiger partial charge in [0.15, 0.2) is 0 Å². The van der Waals surface area contributed by atoms with Crippen LogP contribution in [0.15, 0.2) is 36.8 Å². The van der Waals surface area contributed by atoms with Gasteiger partial charge in [0, 0.05) is 50.6 Å². The third kappa shape index (κ3) is 3.40. The van der Waals surface area contributed by atoms with Crippen molar-refractivity contribution in [3.8, 4) is 0 Å². The molecule has 7 nitrogen and oxygen atoms in total. The van der Waals surface area contributed by atoms with E-state index >= 15 is 0 Å². The first kappa shape index (κ1) is 15.8. The lowest BCUT2D eigenvalue weighted by Gasteiger charge is -2.26. The maximum absolute atomic E-state index is 12.6. The first-order valence-electron chi connectivity index (χ1n) is 8.67. The molecule has 2 aromatic rings. The fourth-order valence-corrected chi connectivity index (χ4v) is 3.59. The van der Waals surface area contributed by atoms with Gasteiger partial charge in [-0.05, 0) is 18.6 Å². The highest BCUT2D eigenvalue weighted by molar-refractivity contribution is 5.89. The number of hydrogen-bond donors (Lipinski definition) is 1. The number of nitrogens with one attached hydrogen (secondary N) is 1. The van der Waals surface area contributed by atoms with Crippen LogP contribution in [0.25, 0.3) is 0 Å². The molecule has 0 radical (unpaired) electrons. The van der Waals surface area contributed by atoms with Gasteiger partial charge in [-0.3, -0.25) is 14.6 Å². The number of pyridine rings is 1. The molecule has 1 N–H and O–H groups in total. The zero-order valence-corrected chi connectivity index (χ0v) is 14.0. The molecule has 0 aromatic carbocycles. The molecule has 0 bridgehead atoms. The van der Waals surface area contributed by atoms with E-state index < -0.39 is 0 Å². The van der Waals surface area contributed by atoms with Gasteiger partial charge in [0.25, 0.3) is 0 Å². The molecule has 1 fully saturated rings. The zero-order valence-electron chi connectivity index (χ0n) is 14.0. The van der Waals surface area contributed by atoms with Crippen LogP contribution in [0.5, 0.6) is 0 Å². The number of amides is 2. The van der Waals surface area contributed by atoms with E-state index in [1.807, 2.05) is 24.4 Å². The lowest BCUT2D eigenvalue weighted by atomic mass is 10.0. The number of rotatable bonds is 4. The van der Waals surface area contributed by atoms with Crippen LogP contribution in [0.2, 0.25) is 0 Å². The number of carbonyl (C=O) groups excluding carboxylic acids is 2. The van der Waals surface area contributed by atoms with Crippen molar-refractivity contribution in [1.82, 2.24) is 24.8 Å². The Kier molecular flexibility index (Phi) is 4.21. The third-order valence-electron chi connectivity index (χ3n) is 4.95. The van der Waals surface area contributed by atoms with Crippen molar-refractivity contribution in [3.05, 3.63) is 48.3 Å². The van der Waals surface area contributed by atoms with E-state index in [0.29, 0.717) is 13.1 Å². The minimum atomic E-state index is -0.277. The van der Waals surface area contributed by atoms with Crippen molar-refractivity contribution < 1.29 is 9.59 Å². The topological polar surface area (TPSA) is 80.1 Å². The highest BCUT2D eigenvalue weighted by Gasteiger charge is 2.35. The first-order chi connectivity index (χ1) is 12.2. The average Bonchev–Trinajstić information content (AvgIpc) is 3.22. The second-order valence-corrected chi connectivity index (χ2v) is 6.74. The molecule has 2 aromatic heterocycles. The maximum Gasteiger partial charge on any atom is 0.225 e. The van der Waals surface area contributed by atoms with Crippen LogP contribution in [-0.2, 0) is 29.1 Å². The van der Waals surface area contributed by atoms with Gasteiger partial charge in [-0.15, -0.1) is 0 Å². The van der Waals surface area contributed by atoms with Gasteiger partial charge in [0.1, 0.15) is 5.82 Å². The molecule has 2 amide bonds. The quantitative estimate of drug-likeness (QED) is 0.892. The molecule has 1 saturated heterocycles. The molecular formula is C18H21N5O2. The third-order valence-corrected chi connectivity index (χ3v) is 4.95. The van der Waals surface area contributed by atoms with Crippen LogP contribution >= 0.6 is 0 Å². The predicted molar refractivity (Wildman–Crippen MR) is 90.2 cm³/mol. The number of fused-ring (bicyclic) bond motifs is 1. The van der Waals surface area contributed by atoms with Crippen LogP contribution in [0, 0.1) is 5.92 Å². The Bertz CT molecular complexity index is 773. The van der Waals surface area contributed by atoms with E-state index in [0.717, 1.165) is 30.9 Å². The molecule has 0 saturated carbocycles. The summed E-state index contributed by atoms with van der Waals surface area (Å²) in [5, 5.41) is 3.11. The van der Waals surface area contributed by atoms with Crippen molar-refractivity contribution in [2.45, 2.75) is 38.4 Å². The Hall–Kier alpha value is -2.70. The summed E-state index contributed by atoms with van der Waals surface area (Å²) in [6, 6.07) is 5.75. The lowest BCUT2D eigenvalue weighted by molar-refractivity contribution is -0.129. The smallest absolute Gasteiger partial charge is 0.225 e.